The van der Waals surface area contributed by atoms with E-state index in [0.717, 1.165) is 30.9 Å². The third-order valence-corrected chi connectivity index (χ3v) is 5.21. The van der Waals surface area contributed by atoms with E-state index in [4.69, 9.17) is 14.2 Å². The molecule has 0 N–H and O–H groups in total. The summed E-state index contributed by atoms with van der Waals surface area (Å²) >= 11 is 0. The molecule has 0 aromatic heterocycles. The summed E-state index contributed by atoms with van der Waals surface area (Å²) in [4.78, 5) is 28.3. The number of hydrogen-bond acceptors (Lipinski definition) is 6. The lowest BCUT2D eigenvalue weighted by atomic mass is 10.1. The Morgan fingerprint density at radius 2 is 1.67 bits per heavy atom. The van der Waals surface area contributed by atoms with Crippen molar-refractivity contribution in [3.05, 3.63) is 48.0 Å². The third kappa shape index (κ3) is 5.23. The fourth-order valence-electron chi connectivity index (χ4n) is 3.45. The van der Waals surface area contributed by atoms with E-state index in [0.29, 0.717) is 30.2 Å². The van der Waals surface area contributed by atoms with Gasteiger partial charge in [0.25, 0.3) is 5.91 Å². The Morgan fingerprint density at radius 1 is 0.900 bits per heavy atom. The third-order valence-electron chi connectivity index (χ3n) is 5.21. The maximum absolute atomic E-state index is 12.7. The quantitative estimate of drug-likeness (QED) is 0.651. The Labute approximate surface area is 177 Å². The second kappa shape index (κ2) is 10.0. The zero-order chi connectivity index (χ0) is 21.5. The molecule has 0 radical (unpaired) electrons. The second-order valence-corrected chi connectivity index (χ2v) is 7.13. The summed E-state index contributed by atoms with van der Waals surface area (Å²) < 4.78 is 16.2. The first-order chi connectivity index (χ1) is 14.5. The van der Waals surface area contributed by atoms with E-state index in [1.165, 1.54) is 14.0 Å². The van der Waals surface area contributed by atoms with Crippen molar-refractivity contribution in [1.29, 1.82) is 0 Å². The Kier molecular flexibility index (Phi) is 7.17. The predicted octanol–water partition coefficient (Wildman–Crippen LogP) is 3.02. The van der Waals surface area contributed by atoms with Crippen LogP contribution in [0.15, 0.2) is 42.5 Å². The molecule has 3 rings (SSSR count). The van der Waals surface area contributed by atoms with Gasteiger partial charge in [-0.3, -0.25) is 9.59 Å². The number of ether oxygens (including phenoxy) is 3. The van der Waals surface area contributed by atoms with Crippen molar-refractivity contribution in [2.45, 2.75) is 13.3 Å². The molecule has 1 heterocycles. The molecule has 1 fully saturated rings. The number of rotatable bonds is 7. The first-order valence-electron chi connectivity index (χ1n) is 10.0. The van der Waals surface area contributed by atoms with E-state index in [1.54, 1.807) is 25.3 Å². The molecule has 1 aliphatic heterocycles. The molecule has 7 nitrogen and oxygen atoms in total. The van der Waals surface area contributed by atoms with Crippen molar-refractivity contribution >= 4 is 17.4 Å². The highest BCUT2D eigenvalue weighted by atomic mass is 16.5. The number of anilines is 1. The molecule has 2 aromatic carbocycles. The van der Waals surface area contributed by atoms with Crippen LogP contribution in [0.25, 0.3) is 0 Å². The number of nitrogens with zero attached hydrogens (tertiary/aromatic N) is 2. The van der Waals surface area contributed by atoms with E-state index in [2.05, 4.69) is 4.90 Å². The molecule has 0 unspecified atom stereocenters. The van der Waals surface area contributed by atoms with Crippen LogP contribution < -0.4 is 19.1 Å². The van der Waals surface area contributed by atoms with Gasteiger partial charge >= 0.3 is 0 Å². The van der Waals surface area contributed by atoms with Gasteiger partial charge in [0.15, 0.2) is 23.9 Å². The van der Waals surface area contributed by atoms with Gasteiger partial charge in [-0.1, -0.05) is 0 Å². The van der Waals surface area contributed by atoms with Gasteiger partial charge in [0.1, 0.15) is 5.75 Å². The summed E-state index contributed by atoms with van der Waals surface area (Å²) in [7, 11) is 3.16. The molecule has 1 amide bonds. The van der Waals surface area contributed by atoms with Crippen LogP contribution in [0, 0.1) is 0 Å². The van der Waals surface area contributed by atoms with E-state index in [-0.39, 0.29) is 18.3 Å². The molecule has 0 spiro atoms. The van der Waals surface area contributed by atoms with Gasteiger partial charge in [-0.2, -0.15) is 0 Å². The monoisotopic (exact) mass is 412 g/mol. The largest absolute Gasteiger partial charge is 0.497 e. The molecule has 0 saturated carbocycles. The van der Waals surface area contributed by atoms with Crippen LogP contribution in [0.3, 0.4) is 0 Å². The smallest absolute Gasteiger partial charge is 0.260 e. The number of amides is 1. The minimum Gasteiger partial charge on any atom is -0.497 e. The van der Waals surface area contributed by atoms with E-state index in [9.17, 15) is 9.59 Å². The van der Waals surface area contributed by atoms with Crippen LogP contribution in [0.2, 0.25) is 0 Å². The normalized spacial score (nSPS) is 14.1. The molecular formula is C23H28N2O5. The van der Waals surface area contributed by atoms with Crippen molar-refractivity contribution < 1.29 is 23.8 Å². The van der Waals surface area contributed by atoms with Crippen molar-refractivity contribution in [3.8, 4) is 17.2 Å². The SMILES string of the molecule is COc1ccc(N2CCCN(C(=O)COc3ccc(C(C)=O)cc3OC)CC2)cc1. The zero-order valence-corrected chi connectivity index (χ0v) is 17.7. The number of carbonyl (C=O) groups excluding carboxylic acids is 2. The molecule has 30 heavy (non-hydrogen) atoms. The molecular weight excluding hydrogens is 384 g/mol. The van der Waals surface area contributed by atoms with Crippen LogP contribution >= 0.6 is 0 Å². The maximum Gasteiger partial charge on any atom is 0.260 e. The number of carbonyl (C=O) groups is 2. The van der Waals surface area contributed by atoms with Gasteiger partial charge < -0.3 is 24.0 Å². The summed E-state index contributed by atoms with van der Waals surface area (Å²) in [6, 6.07) is 12.9. The van der Waals surface area contributed by atoms with Crippen molar-refractivity contribution in [1.82, 2.24) is 4.90 Å². The lowest BCUT2D eigenvalue weighted by molar-refractivity contribution is -0.133. The minimum absolute atomic E-state index is 0.0538. The highest BCUT2D eigenvalue weighted by Crippen LogP contribution is 2.28. The lowest BCUT2D eigenvalue weighted by Gasteiger charge is -2.24. The lowest BCUT2D eigenvalue weighted by Crippen LogP contribution is -2.38. The van der Waals surface area contributed by atoms with Gasteiger partial charge in [0, 0.05) is 37.4 Å². The van der Waals surface area contributed by atoms with Gasteiger partial charge in [0.05, 0.1) is 14.2 Å². The first kappa shape index (κ1) is 21.5. The number of ketones is 1. The van der Waals surface area contributed by atoms with Crippen LogP contribution in [-0.4, -0.2) is 63.6 Å². The van der Waals surface area contributed by atoms with Crippen LogP contribution in [-0.2, 0) is 4.79 Å². The summed E-state index contributed by atoms with van der Waals surface area (Å²) in [5, 5.41) is 0. The number of methoxy groups -OCH3 is 2. The molecule has 0 aliphatic carbocycles. The fourth-order valence-corrected chi connectivity index (χ4v) is 3.45. The molecule has 0 atom stereocenters. The first-order valence-corrected chi connectivity index (χ1v) is 10.0. The van der Waals surface area contributed by atoms with Gasteiger partial charge in [-0.15, -0.1) is 0 Å². The Balaban J connectivity index is 1.56. The molecule has 7 heteroatoms. The molecule has 1 saturated heterocycles. The standard InChI is InChI=1S/C23H28N2O5/c1-17(26)18-5-10-21(22(15-18)29-3)30-16-23(27)25-12-4-11-24(13-14-25)19-6-8-20(28-2)9-7-19/h5-10,15H,4,11-14,16H2,1-3H3. The molecule has 160 valence electrons. The molecule has 2 aromatic rings. The Morgan fingerprint density at radius 3 is 2.33 bits per heavy atom. The Hall–Kier alpha value is -3.22. The topological polar surface area (TPSA) is 68.3 Å². The number of Topliss-reactive ketones (excluding diaryl/α,β-unsaturated/α-hetero) is 1. The Bertz CT molecular complexity index is 882. The van der Waals surface area contributed by atoms with Crippen molar-refractivity contribution in [3.63, 3.8) is 0 Å². The molecule has 1 aliphatic rings. The van der Waals surface area contributed by atoms with E-state index in [1.807, 2.05) is 29.2 Å². The predicted molar refractivity (Wildman–Crippen MR) is 115 cm³/mol. The van der Waals surface area contributed by atoms with Crippen LogP contribution in [0.4, 0.5) is 5.69 Å². The number of benzene rings is 2. The second-order valence-electron chi connectivity index (χ2n) is 7.13. The van der Waals surface area contributed by atoms with Gasteiger partial charge in [-0.25, -0.2) is 0 Å². The van der Waals surface area contributed by atoms with E-state index >= 15 is 0 Å². The van der Waals surface area contributed by atoms with Crippen LogP contribution in [0.1, 0.15) is 23.7 Å². The van der Waals surface area contributed by atoms with Crippen molar-refractivity contribution in [2.24, 2.45) is 0 Å². The number of hydrogen-bond donors (Lipinski definition) is 0. The van der Waals surface area contributed by atoms with E-state index < -0.39 is 0 Å². The summed E-state index contributed by atoms with van der Waals surface area (Å²) in [6.45, 7) is 4.39. The van der Waals surface area contributed by atoms with Crippen LogP contribution in [0.5, 0.6) is 17.2 Å². The van der Waals surface area contributed by atoms with Gasteiger partial charge in [-0.05, 0) is 55.8 Å². The highest BCUT2D eigenvalue weighted by molar-refractivity contribution is 5.94. The highest BCUT2D eigenvalue weighted by Gasteiger charge is 2.20. The summed E-state index contributed by atoms with van der Waals surface area (Å²) in [5.41, 5.74) is 1.66. The average Bonchev–Trinajstić information content (AvgIpc) is 3.03. The van der Waals surface area contributed by atoms with Gasteiger partial charge in [0.2, 0.25) is 0 Å². The summed E-state index contributed by atoms with van der Waals surface area (Å²) in [6.07, 6.45) is 0.883. The van der Waals surface area contributed by atoms with Crippen molar-refractivity contribution in [2.75, 3.05) is 51.9 Å². The average molecular weight is 412 g/mol. The summed E-state index contributed by atoms with van der Waals surface area (Å²) in [5.74, 6) is 1.60. The maximum atomic E-state index is 12.7. The minimum atomic E-state index is -0.0711. The molecule has 0 bridgehead atoms. The zero-order valence-electron chi connectivity index (χ0n) is 17.7. The fraction of sp³-hybridized carbons (Fsp3) is 0.391.